The second kappa shape index (κ2) is 9.86. The highest BCUT2D eigenvalue weighted by Gasteiger charge is 2.16. The Bertz CT molecular complexity index is 875. The van der Waals surface area contributed by atoms with Gasteiger partial charge in [0.15, 0.2) is 0 Å². The van der Waals surface area contributed by atoms with Crippen LogP contribution in [0.25, 0.3) is 0 Å². The molecule has 1 N–H and O–H groups in total. The number of likely N-dealkylation sites (N-methyl/N-ethyl adjacent to an activating group) is 1. The summed E-state index contributed by atoms with van der Waals surface area (Å²) in [7, 11) is 4.12. The average Bonchev–Trinajstić information content (AvgIpc) is 2.72. The second-order valence-corrected chi connectivity index (χ2v) is 7.34. The van der Waals surface area contributed by atoms with E-state index in [2.05, 4.69) is 60.7 Å². The van der Waals surface area contributed by atoms with E-state index in [9.17, 15) is 4.79 Å². The molecule has 0 saturated heterocycles. The van der Waals surface area contributed by atoms with Crippen LogP contribution in [0.5, 0.6) is 0 Å². The first-order valence-electron chi connectivity index (χ1n) is 9.74. The van der Waals surface area contributed by atoms with E-state index in [1.807, 2.05) is 48.5 Å². The lowest BCUT2D eigenvalue weighted by molar-refractivity contribution is 0.0941. The Kier molecular flexibility index (Phi) is 6.99. The fourth-order valence-corrected chi connectivity index (χ4v) is 3.34. The zero-order valence-corrected chi connectivity index (χ0v) is 16.6. The van der Waals surface area contributed by atoms with Crippen molar-refractivity contribution < 1.29 is 4.79 Å². The summed E-state index contributed by atoms with van der Waals surface area (Å²) in [6.07, 6.45) is 1.66. The van der Waals surface area contributed by atoms with Gasteiger partial charge < -0.3 is 10.2 Å². The summed E-state index contributed by atoms with van der Waals surface area (Å²) in [5, 5.41) is 3.15. The largest absolute Gasteiger partial charge is 0.350 e. The predicted molar refractivity (Wildman–Crippen MR) is 116 cm³/mol. The van der Waals surface area contributed by atoms with E-state index in [1.165, 1.54) is 11.1 Å². The molecule has 1 atom stereocenters. The van der Waals surface area contributed by atoms with Crippen LogP contribution in [0.3, 0.4) is 0 Å². The van der Waals surface area contributed by atoms with Gasteiger partial charge in [-0.3, -0.25) is 4.79 Å². The Balaban J connectivity index is 1.67. The van der Waals surface area contributed by atoms with Crippen LogP contribution in [-0.4, -0.2) is 37.5 Å². The van der Waals surface area contributed by atoms with Crippen molar-refractivity contribution in [2.24, 2.45) is 0 Å². The van der Waals surface area contributed by atoms with Gasteiger partial charge in [-0.2, -0.15) is 0 Å². The van der Waals surface area contributed by atoms with Crippen LogP contribution >= 0.6 is 0 Å². The van der Waals surface area contributed by atoms with Crippen molar-refractivity contribution in [1.82, 2.24) is 10.2 Å². The van der Waals surface area contributed by atoms with Gasteiger partial charge in [0.1, 0.15) is 0 Å². The monoisotopic (exact) mass is 372 g/mol. The minimum Gasteiger partial charge on any atom is -0.350 e. The molecule has 0 spiro atoms. The predicted octanol–water partition coefficient (Wildman–Crippen LogP) is 4.18. The number of nitrogens with zero attached hydrogens (tertiary/aromatic N) is 1. The van der Waals surface area contributed by atoms with Gasteiger partial charge >= 0.3 is 0 Å². The molecule has 0 heterocycles. The van der Waals surface area contributed by atoms with Crippen molar-refractivity contribution >= 4 is 5.91 Å². The summed E-state index contributed by atoms with van der Waals surface area (Å²) >= 11 is 0. The minimum atomic E-state index is -0.00792. The van der Waals surface area contributed by atoms with Crippen LogP contribution in [0.15, 0.2) is 84.9 Å². The lowest BCUT2D eigenvalue weighted by atomic mass is 9.99. The number of hydrogen-bond donors (Lipinski definition) is 1. The molecule has 0 aliphatic carbocycles. The molecule has 0 aliphatic heterocycles. The number of hydrogen-bond acceptors (Lipinski definition) is 2. The molecule has 3 aromatic carbocycles. The summed E-state index contributed by atoms with van der Waals surface area (Å²) < 4.78 is 0. The second-order valence-electron chi connectivity index (χ2n) is 7.34. The molecule has 0 radical (unpaired) electrons. The number of rotatable bonds is 8. The van der Waals surface area contributed by atoms with E-state index >= 15 is 0 Å². The summed E-state index contributed by atoms with van der Waals surface area (Å²) in [6.45, 7) is 0.612. The summed E-state index contributed by atoms with van der Waals surface area (Å²) in [5.74, 6) is -0.00792. The Labute approximate surface area is 168 Å². The van der Waals surface area contributed by atoms with Crippen LogP contribution in [0.4, 0.5) is 0 Å². The number of carbonyl (C=O) groups excluding carboxylic acids is 1. The van der Waals surface area contributed by atoms with Gasteiger partial charge in [0, 0.05) is 18.2 Å². The Morgan fingerprint density at radius 3 is 2.04 bits per heavy atom. The maximum atomic E-state index is 12.9. The number of carbonyl (C=O) groups is 1. The fourth-order valence-electron chi connectivity index (χ4n) is 3.34. The molecular formula is C25H28N2O. The Morgan fingerprint density at radius 1 is 0.821 bits per heavy atom. The van der Waals surface area contributed by atoms with Crippen LogP contribution < -0.4 is 5.32 Å². The highest BCUT2D eigenvalue weighted by Crippen LogP contribution is 2.15. The molecule has 0 bridgehead atoms. The molecule has 0 fully saturated rings. The van der Waals surface area contributed by atoms with Crippen molar-refractivity contribution in [2.45, 2.75) is 18.9 Å². The van der Waals surface area contributed by atoms with E-state index in [-0.39, 0.29) is 11.9 Å². The van der Waals surface area contributed by atoms with Gasteiger partial charge in [0.2, 0.25) is 0 Å². The molecule has 0 aliphatic rings. The molecule has 3 heteroatoms. The first kappa shape index (κ1) is 19.8. The lowest BCUT2D eigenvalue weighted by Crippen LogP contribution is -2.41. The van der Waals surface area contributed by atoms with Crippen molar-refractivity contribution in [3.63, 3.8) is 0 Å². The fraction of sp³-hybridized carbons (Fsp3) is 0.240. The molecule has 28 heavy (non-hydrogen) atoms. The van der Waals surface area contributed by atoms with E-state index in [1.54, 1.807) is 0 Å². The highest BCUT2D eigenvalue weighted by atomic mass is 16.1. The highest BCUT2D eigenvalue weighted by molar-refractivity contribution is 5.95. The van der Waals surface area contributed by atoms with Gasteiger partial charge in [0.05, 0.1) is 0 Å². The zero-order valence-electron chi connectivity index (χ0n) is 16.6. The summed E-state index contributed by atoms with van der Waals surface area (Å²) in [5.41, 5.74) is 4.29. The SMILES string of the molecule is CN(C)[C@H](CNC(=O)c1ccccc1Cc1ccccc1)Cc1ccccc1. The lowest BCUT2D eigenvalue weighted by Gasteiger charge is -2.25. The van der Waals surface area contributed by atoms with E-state index < -0.39 is 0 Å². The zero-order chi connectivity index (χ0) is 19.8. The molecule has 1 amide bonds. The smallest absolute Gasteiger partial charge is 0.251 e. The third kappa shape index (κ3) is 5.54. The van der Waals surface area contributed by atoms with Crippen LogP contribution in [0.2, 0.25) is 0 Å². The van der Waals surface area contributed by atoms with Crippen LogP contribution in [0.1, 0.15) is 27.0 Å². The molecule has 3 aromatic rings. The van der Waals surface area contributed by atoms with Gasteiger partial charge in [-0.15, -0.1) is 0 Å². The third-order valence-electron chi connectivity index (χ3n) is 5.04. The van der Waals surface area contributed by atoms with Crippen molar-refractivity contribution in [2.75, 3.05) is 20.6 Å². The minimum absolute atomic E-state index is 0.00792. The molecule has 0 aromatic heterocycles. The molecule has 3 rings (SSSR count). The standard InChI is InChI=1S/C25H28N2O/c1-27(2)23(18-21-13-7-4-8-14-21)19-26-25(28)24-16-10-9-15-22(24)17-20-11-5-3-6-12-20/h3-16,23H,17-19H2,1-2H3,(H,26,28)/t23-/m0/s1. The van der Waals surface area contributed by atoms with Crippen LogP contribution in [0, 0.1) is 0 Å². The molecule has 0 unspecified atom stereocenters. The summed E-state index contributed by atoms with van der Waals surface area (Å²) in [4.78, 5) is 15.1. The van der Waals surface area contributed by atoms with Gasteiger partial charge in [-0.05, 0) is 49.7 Å². The molecule has 3 nitrogen and oxygen atoms in total. The third-order valence-corrected chi connectivity index (χ3v) is 5.04. The number of benzene rings is 3. The molecular weight excluding hydrogens is 344 g/mol. The number of nitrogens with one attached hydrogen (secondary N) is 1. The van der Waals surface area contributed by atoms with E-state index in [4.69, 9.17) is 0 Å². The van der Waals surface area contributed by atoms with Crippen molar-refractivity contribution in [3.05, 3.63) is 107 Å². The summed E-state index contributed by atoms with van der Waals surface area (Å²) in [6, 6.07) is 28.8. The van der Waals surface area contributed by atoms with E-state index in [0.29, 0.717) is 6.54 Å². The Hall–Kier alpha value is -2.91. The maximum Gasteiger partial charge on any atom is 0.251 e. The first-order valence-corrected chi connectivity index (χ1v) is 9.74. The normalized spacial score (nSPS) is 12.0. The number of amides is 1. The maximum absolute atomic E-state index is 12.9. The molecule has 0 saturated carbocycles. The van der Waals surface area contributed by atoms with Gasteiger partial charge in [-0.1, -0.05) is 78.9 Å². The first-order chi connectivity index (χ1) is 13.6. The van der Waals surface area contributed by atoms with E-state index in [0.717, 1.165) is 24.0 Å². The quantitative estimate of drug-likeness (QED) is 0.643. The average molecular weight is 373 g/mol. The molecule has 144 valence electrons. The topological polar surface area (TPSA) is 32.3 Å². The van der Waals surface area contributed by atoms with Crippen molar-refractivity contribution in [3.8, 4) is 0 Å². The van der Waals surface area contributed by atoms with Crippen LogP contribution in [-0.2, 0) is 12.8 Å². The Morgan fingerprint density at radius 2 is 1.39 bits per heavy atom. The van der Waals surface area contributed by atoms with Gasteiger partial charge in [0.25, 0.3) is 5.91 Å². The van der Waals surface area contributed by atoms with Crippen molar-refractivity contribution in [1.29, 1.82) is 0 Å². The van der Waals surface area contributed by atoms with Gasteiger partial charge in [-0.25, -0.2) is 0 Å².